The highest BCUT2D eigenvalue weighted by atomic mass is 16.6. The summed E-state index contributed by atoms with van der Waals surface area (Å²) in [6.07, 6.45) is 1.28. The van der Waals surface area contributed by atoms with Crippen molar-refractivity contribution >= 4 is 11.7 Å². The number of carbonyl (C=O) groups is 1. The Balaban J connectivity index is 2.38. The van der Waals surface area contributed by atoms with Gasteiger partial charge in [0, 0.05) is 12.1 Å². The number of rotatable bonds is 3. The average Bonchev–Trinajstić information content (AvgIpc) is 2.79. The lowest BCUT2D eigenvalue weighted by Crippen LogP contribution is -2.44. The van der Waals surface area contributed by atoms with E-state index >= 15 is 0 Å². The van der Waals surface area contributed by atoms with Gasteiger partial charge in [0.25, 0.3) is 5.69 Å². The molecule has 2 rings (SSSR count). The fourth-order valence-electron chi connectivity index (χ4n) is 2.16. The fraction of sp³-hybridized carbons (Fsp3) is 0.364. The smallest absolute Gasteiger partial charge is 0.328 e. The van der Waals surface area contributed by atoms with Crippen LogP contribution in [-0.4, -0.2) is 22.5 Å². The highest BCUT2D eigenvalue weighted by molar-refractivity contribution is 5.81. The molecule has 1 heterocycles. The van der Waals surface area contributed by atoms with E-state index in [-0.39, 0.29) is 5.69 Å². The Hall–Kier alpha value is -1.95. The van der Waals surface area contributed by atoms with Gasteiger partial charge in [-0.1, -0.05) is 0 Å². The molecule has 1 aromatic rings. The second-order valence-electron chi connectivity index (χ2n) is 4.04. The van der Waals surface area contributed by atoms with Crippen molar-refractivity contribution in [3.63, 3.8) is 0 Å². The van der Waals surface area contributed by atoms with E-state index in [4.69, 9.17) is 0 Å². The first kappa shape index (κ1) is 11.5. The molecule has 1 atom stereocenters. The van der Waals surface area contributed by atoms with Crippen molar-refractivity contribution in [2.24, 2.45) is 0 Å². The molecule has 1 fully saturated rings. The summed E-state index contributed by atoms with van der Waals surface area (Å²) in [7, 11) is 0. The fourth-order valence-corrected chi connectivity index (χ4v) is 2.16. The molecule has 1 aromatic carbocycles. The molecule has 1 aliphatic heterocycles. The van der Waals surface area contributed by atoms with E-state index < -0.39 is 16.4 Å². The van der Waals surface area contributed by atoms with Crippen LogP contribution >= 0.6 is 0 Å². The molecule has 1 saturated heterocycles. The third kappa shape index (κ3) is 1.87. The van der Waals surface area contributed by atoms with Crippen molar-refractivity contribution < 1.29 is 14.8 Å². The number of non-ortho nitro benzene ring substituents is 1. The third-order valence-electron chi connectivity index (χ3n) is 3.09. The second kappa shape index (κ2) is 4.14. The summed E-state index contributed by atoms with van der Waals surface area (Å²) >= 11 is 0. The van der Waals surface area contributed by atoms with Crippen molar-refractivity contribution in [3.05, 3.63) is 39.9 Å². The van der Waals surface area contributed by atoms with Crippen molar-refractivity contribution in [3.8, 4) is 0 Å². The van der Waals surface area contributed by atoms with Gasteiger partial charge in [-0.25, -0.2) is 4.79 Å². The molecule has 2 N–H and O–H groups in total. The molecule has 1 aliphatic rings. The number of nitrogens with zero attached hydrogens (tertiary/aromatic N) is 1. The Bertz CT molecular complexity index is 449. The summed E-state index contributed by atoms with van der Waals surface area (Å²) in [4.78, 5) is 21.4. The molecule has 90 valence electrons. The second-order valence-corrected chi connectivity index (χ2v) is 4.04. The zero-order chi connectivity index (χ0) is 12.5. The van der Waals surface area contributed by atoms with Crippen LogP contribution in [0.3, 0.4) is 0 Å². The maximum Gasteiger partial charge on any atom is 0.328 e. The van der Waals surface area contributed by atoms with Crippen LogP contribution in [0.2, 0.25) is 0 Å². The Labute approximate surface area is 97.4 Å². The number of nitrogens with one attached hydrogen (secondary N) is 1. The largest absolute Gasteiger partial charge is 0.480 e. The molecule has 17 heavy (non-hydrogen) atoms. The number of benzene rings is 1. The Morgan fingerprint density at radius 1 is 1.41 bits per heavy atom. The van der Waals surface area contributed by atoms with Gasteiger partial charge in [0.1, 0.15) is 5.54 Å². The van der Waals surface area contributed by atoms with Gasteiger partial charge in [-0.05, 0) is 37.1 Å². The van der Waals surface area contributed by atoms with Gasteiger partial charge in [-0.3, -0.25) is 15.4 Å². The lowest BCUT2D eigenvalue weighted by atomic mass is 9.88. The van der Waals surface area contributed by atoms with Gasteiger partial charge in [-0.15, -0.1) is 0 Å². The SMILES string of the molecule is O=C(O)[C@]1(c2ccc([N+](=O)[O-])cc2)CCCN1. The van der Waals surface area contributed by atoms with E-state index in [1.54, 1.807) is 0 Å². The number of hydrogen-bond donors (Lipinski definition) is 2. The summed E-state index contributed by atoms with van der Waals surface area (Å²) in [5.74, 6) is -0.941. The van der Waals surface area contributed by atoms with E-state index in [1.165, 1.54) is 24.3 Å². The molecule has 0 unspecified atom stereocenters. The molecule has 0 amide bonds. The minimum atomic E-state index is -1.09. The highest BCUT2D eigenvalue weighted by Gasteiger charge is 2.42. The van der Waals surface area contributed by atoms with Gasteiger partial charge in [0.05, 0.1) is 4.92 Å². The molecule has 0 saturated carbocycles. The van der Waals surface area contributed by atoms with Crippen LogP contribution < -0.4 is 5.32 Å². The minimum Gasteiger partial charge on any atom is -0.480 e. The molecular formula is C11H12N2O4. The molecule has 0 bridgehead atoms. The summed E-state index contributed by atoms with van der Waals surface area (Å²) in [5.41, 5.74) is -0.560. The maximum absolute atomic E-state index is 11.3. The summed E-state index contributed by atoms with van der Waals surface area (Å²) in [6, 6.07) is 5.68. The number of carboxylic acid groups (broad SMARTS) is 1. The zero-order valence-corrected chi connectivity index (χ0v) is 9.05. The summed E-state index contributed by atoms with van der Waals surface area (Å²) < 4.78 is 0. The average molecular weight is 236 g/mol. The summed E-state index contributed by atoms with van der Waals surface area (Å²) in [5, 5.41) is 22.8. The molecule has 0 aromatic heterocycles. The van der Waals surface area contributed by atoms with Crippen molar-refractivity contribution in [2.75, 3.05) is 6.54 Å². The molecule has 0 radical (unpaired) electrons. The van der Waals surface area contributed by atoms with Crippen LogP contribution in [-0.2, 0) is 10.3 Å². The zero-order valence-electron chi connectivity index (χ0n) is 9.05. The predicted molar refractivity (Wildman–Crippen MR) is 59.6 cm³/mol. The van der Waals surface area contributed by atoms with Crippen LogP contribution in [0.5, 0.6) is 0 Å². The van der Waals surface area contributed by atoms with Crippen LogP contribution in [0, 0.1) is 10.1 Å². The van der Waals surface area contributed by atoms with Crippen LogP contribution in [0.4, 0.5) is 5.69 Å². The van der Waals surface area contributed by atoms with Gasteiger partial charge in [0.15, 0.2) is 0 Å². The normalized spacial score (nSPS) is 23.5. The molecule has 6 nitrogen and oxygen atoms in total. The Kier molecular flexibility index (Phi) is 2.81. The van der Waals surface area contributed by atoms with Crippen molar-refractivity contribution in [2.45, 2.75) is 18.4 Å². The summed E-state index contributed by atoms with van der Waals surface area (Å²) in [6.45, 7) is 0.642. The Morgan fingerprint density at radius 3 is 2.47 bits per heavy atom. The number of aliphatic carboxylic acids is 1. The van der Waals surface area contributed by atoms with Gasteiger partial charge in [0.2, 0.25) is 0 Å². The predicted octanol–water partition coefficient (Wildman–Crippen LogP) is 1.26. The quantitative estimate of drug-likeness (QED) is 0.608. The van der Waals surface area contributed by atoms with E-state index in [0.29, 0.717) is 18.5 Å². The first-order chi connectivity index (χ1) is 8.06. The highest BCUT2D eigenvalue weighted by Crippen LogP contribution is 2.32. The van der Waals surface area contributed by atoms with Gasteiger partial charge >= 0.3 is 5.97 Å². The Morgan fingerprint density at radius 2 is 2.06 bits per heavy atom. The van der Waals surface area contributed by atoms with Crippen LogP contribution in [0.1, 0.15) is 18.4 Å². The molecule has 0 aliphatic carbocycles. The van der Waals surface area contributed by atoms with Crippen molar-refractivity contribution in [1.29, 1.82) is 0 Å². The molecule has 6 heteroatoms. The van der Waals surface area contributed by atoms with E-state index in [9.17, 15) is 20.0 Å². The molecule has 0 spiro atoms. The van der Waals surface area contributed by atoms with Gasteiger partial charge in [-0.2, -0.15) is 0 Å². The first-order valence-electron chi connectivity index (χ1n) is 5.29. The number of nitro groups is 1. The van der Waals surface area contributed by atoms with Crippen LogP contribution in [0.15, 0.2) is 24.3 Å². The topological polar surface area (TPSA) is 92.5 Å². The van der Waals surface area contributed by atoms with E-state index in [0.717, 1.165) is 6.42 Å². The van der Waals surface area contributed by atoms with E-state index in [2.05, 4.69) is 5.32 Å². The number of hydrogen-bond acceptors (Lipinski definition) is 4. The van der Waals surface area contributed by atoms with E-state index in [1.807, 2.05) is 0 Å². The third-order valence-corrected chi connectivity index (χ3v) is 3.09. The van der Waals surface area contributed by atoms with Gasteiger partial charge < -0.3 is 5.11 Å². The first-order valence-corrected chi connectivity index (χ1v) is 5.29. The number of carboxylic acids is 1. The van der Waals surface area contributed by atoms with Crippen molar-refractivity contribution in [1.82, 2.24) is 5.32 Å². The lowest BCUT2D eigenvalue weighted by molar-refractivity contribution is -0.384. The van der Waals surface area contributed by atoms with Crippen LogP contribution in [0.25, 0.3) is 0 Å². The molecular weight excluding hydrogens is 224 g/mol. The standard InChI is InChI=1S/C11H12N2O4/c14-10(15)11(6-1-7-12-11)8-2-4-9(5-3-8)13(16)17/h2-5,12H,1,6-7H2,(H,14,15)/t11-/m1/s1. The maximum atomic E-state index is 11.3. The number of nitro benzene ring substituents is 1. The minimum absolute atomic E-state index is 0.0349. The monoisotopic (exact) mass is 236 g/mol. The lowest BCUT2D eigenvalue weighted by Gasteiger charge is -2.24.